The number of hydrogen-bond acceptors (Lipinski definition) is 7. The minimum atomic E-state index is -0.519. The first kappa shape index (κ1) is 18.2. The van der Waals surface area contributed by atoms with E-state index in [1.165, 1.54) is 7.11 Å². The second-order valence-electron chi connectivity index (χ2n) is 7.03. The van der Waals surface area contributed by atoms with Crippen LogP contribution in [0.15, 0.2) is 59.8 Å². The van der Waals surface area contributed by atoms with Crippen molar-refractivity contribution in [2.45, 2.75) is 13.0 Å². The van der Waals surface area contributed by atoms with Crippen molar-refractivity contribution in [3.8, 4) is 22.9 Å². The van der Waals surface area contributed by atoms with Crippen LogP contribution in [-0.2, 0) is 9.53 Å². The summed E-state index contributed by atoms with van der Waals surface area (Å²) in [5.74, 6) is 2.02. The van der Waals surface area contributed by atoms with Crippen LogP contribution in [0.1, 0.15) is 18.5 Å². The van der Waals surface area contributed by atoms with Gasteiger partial charge in [-0.15, -0.1) is 5.10 Å². The fourth-order valence-corrected chi connectivity index (χ4v) is 3.77. The largest absolute Gasteiger partial charge is 0.486 e. The number of nitrogens with one attached hydrogen (secondary N) is 1. The van der Waals surface area contributed by atoms with Crippen molar-refractivity contribution in [2.24, 2.45) is 0 Å². The van der Waals surface area contributed by atoms with Crippen molar-refractivity contribution in [1.82, 2.24) is 14.8 Å². The lowest BCUT2D eigenvalue weighted by Gasteiger charge is -2.28. The van der Waals surface area contributed by atoms with Crippen LogP contribution >= 0.6 is 0 Å². The van der Waals surface area contributed by atoms with Gasteiger partial charge >= 0.3 is 5.97 Å². The zero-order valence-electron chi connectivity index (χ0n) is 16.6. The number of anilines is 1. The average Bonchev–Trinajstić information content (AvgIpc) is 3.21. The Hall–Kier alpha value is -3.81. The molecule has 0 aliphatic carbocycles. The molecular formula is C22H20N4O4. The molecule has 0 fully saturated rings. The van der Waals surface area contributed by atoms with Crippen LogP contribution in [0.5, 0.6) is 11.5 Å². The van der Waals surface area contributed by atoms with Gasteiger partial charge in [0.2, 0.25) is 5.95 Å². The lowest BCUT2D eigenvalue weighted by molar-refractivity contribution is -0.136. The standard InChI is InChI=1S/C22H20N4O4/c1-13-18(21(27)28-2)19(15-8-9-16-17(12-15)30-11-10-29-16)26-22(23-13)24-20(25-26)14-6-4-3-5-7-14/h3-9,12,19H,10-11H2,1-2H3,(H,23,24,25). The van der Waals surface area contributed by atoms with E-state index in [4.69, 9.17) is 19.3 Å². The number of esters is 1. The third-order valence-corrected chi connectivity index (χ3v) is 5.17. The van der Waals surface area contributed by atoms with Crippen molar-refractivity contribution < 1.29 is 19.0 Å². The molecule has 1 aromatic heterocycles. The molecule has 0 saturated heterocycles. The van der Waals surface area contributed by atoms with Crippen molar-refractivity contribution in [1.29, 1.82) is 0 Å². The predicted octanol–water partition coefficient (Wildman–Crippen LogP) is 3.18. The van der Waals surface area contributed by atoms with Crippen LogP contribution in [0.2, 0.25) is 0 Å². The molecule has 8 nitrogen and oxygen atoms in total. The Bertz CT molecular complexity index is 1150. The van der Waals surface area contributed by atoms with E-state index in [1.54, 1.807) is 4.68 Å². The van der Waals surface area contributed by atoms with Crippen molar-refractivity contribution in [2.75, 3.05) is 25.6 Å². The number of allylic oxidation sites excluding steroid dienone is 1. The Balaban J connectivity index is 1.66. The summed E-state index contributed by atoms with van der Waals surface area (Å²) in [5, 5.41) is 7.91. The monoisotopic (exact) mass is 404 g/mol. The van der Waals surface area contributed by atoms with Gasteiger partial charge in [0.25, 0.3) is 0 Å². The number of nitrogens with zero attached hydrogens (tertiary/aromatic N) is 3. The maximum Gasteiger partial charge on any atom is 0.338 e. The summed E-state index contributed by atoms with van der Waals surface area (Å²) < 4.78 is 18.2. The van der Waals surface area contributed by atoms with Gasteiger partial charge in [-0.3, -0.25) is 0 Å². The summed E-state index contributed by atoms with van der Waals surface area (Å²) in [4.78, 5) is 17.4. The van der Waals surface area contributed by atoms with Gasteiger partial charge < -0.3 is 19.5 Å². The van der Waals surface area contributed by atoms with E-state index < -0.39 is 12.0 Å². The molecule has 1 atom stereocenters. The molecular weight excluding hydrogens is 384 g/mol. The molecule has 5 rings (SSSR count). The molecule has 0 saturated carbocycles. The molecule has 30 heavy (non-hydrogen) atoms. The van der Waals surface area contributed by atoms with Crippen LogP contribution in [0.3, 0.4) is 0 Å². The number of aromatic nitrogens is 3. The van der Waals surface area contributed by atoms with E-state index in [9.17, 15) is 4.79 Å². The lowest BCUT2D eigenvalue weighted by Crippen LogP contribution is -2.29. The van der Waals surface area contributed by atoms with Crippen LogP contribution in [0, 0.1) is 0 Å². The molecule has 3 aromatic rings. The van der Waals surface area contributed by atoms with Gasteiger partial charge in [-0.05, 0) is 24.6 Å². The van der Waals surface area contributed by atoms with Crippen LogP contribution in [0.4, 0.5) is 5.95 Å². The van der Waals surface area contributed by atoms with Crippen molar-refractivity contribution in [3.63, 3.8) is 0 Å². The van der Waals surface area contributed by atoms with E-state index in [0.29, 0.717) is 47.8 Å². The van der Waals surface area contributed by atoms with E-state index in [0.717, 1.165) is 11.1 Å². The van der Waals surface area contributed by atoms with E-state index in [-0.39, 0.29) is 0 Å². The molecule has 0 radical (unpaired) electrons. The molecule has 0 amide bonds. The number of carbonyl (C=O) groups is 1. The average molecular weight is 404 g/mol. The van der Waals surface area contributed by atoms with Gasteiger partial charge in [0.15, 0.2) is 17.3 Å². The number of benzene rings is 2. The number of carbonyl (C=O) groups excluding carboxylic acids is 1. The molecule has 1 N–H and O–H groups in total. The van der Waals surface area contributed by atoms with Crippen molar-refractivity contribution in [3.05, 3.63) is 65.4 Å². The smallest absolute Gasteiger partial charge is 0.338 e. The Morgan fingerprint density at radius 2 is 1.90 bits per heavy atom. The molecule has 3 heterocycles. The first-order valence-corrected chi connectivity index (χ1v) is 9.63. The molecule has 152 valence electrons. The van der Waals surface area contributed by atoms with E-state index >= 15 is 0 Å². The predicted molar refractivity (Wildman–Crippen MR) is 109 cm³/mol. The minimum absolute atomic E-state index is 0.428. The van der Waals surface area contributed by atoms with Gasteiger partial charge in [0.1, 0.15) is 19.3 Å². The van der Waals surface area contributed by atoms with Gasteiger partial charge in [-0.2, -0.15) is 4.98 Å². The fraction of sp³-hybridized carbons (Fsp3) is 0.227. The summed E-state index contributed by atoms with van der Waals surface area (Å²) in [6.07, 6.45) is 0. The van der Waals surface area contributed by atoms with E-state index in [1.807, 2.05) is 55.5 Å². The SMILES string of the molecule is COC(=O)C1=C(C)Nc2nc(-c3ccccc3)nn2C1c1ccc2c(c1)OCCO2. The minimum Gasteiger partial charge on any atom is -0.486 e. The lowest BCUT2D eigenvalue weighted by atomic mass is 9.95. The third-order valence-electron chi connectivity index (χ3n) is 5.17. The van der Waals surface area contributed by atoms with Crippen molar-refractivity contribution >= 4 is 11.9 Å². The van der Waals surface area contributed by atoms with Gasteiger partial charge in [0, 0.05) is 11.3 Å². The molecule has 0 bridgehead atoms. The first-order valence-electron chi connectivity index (χ1n) is 9.63. The molecule has 2 aliphatic heterocycles. The summed E-state index contributed by atoms with van der Waals surface area (Å²) in [6.45, 7) is 2.82. The third kappa shape index (κ3) is 2.97. The Kier molecular flexibility index (Phi) is 4.39. The Labute approximate surface area is 173 Å². The van der Waals surface area contributed by atoms with Crippen LogP contribution in [0.25, 0.3) is 11.4 Å². The fourth-order valence-electron chi connectivity index (χ4n) is 3.77. The maximum absolute atomic E-state index is 12.7. The van der Waals surface area contributed by atoms with Gasteiger partial charge in [0.05, 0.1) is 12.7 Å². The summed E-state index contributed by atoms with van der Waals surface area (Å²) in [6, 6.07) is 14.8. The van der Waals surface area contributed by atoms with Crippen LogP contribution in [-0.4, -0.2) is 41.1 Å². The Morgan fingerprint density at radius 3 is 2.67 bits per heavy atom. The zero-order valence-corrected chi connectivity index (χ0v) is 16.6. The molecule has 1 unspecified atom stereocenters. The summed E-state index contributed by atoms with van der Waals surface area (Å²) >= 11 is 0. The summed E-state index contributed by atoms with van der Waals surface area (Å²) in [5.41, 5.74) is 2.85. The number of ether oxygens (including phenoxy) is 3. The highest BCUT2D eigenvalue weighted by Gasteiger charge is 2.35. The van der Waals surface area contributed by atoms with E-state index in [2.05, 4.69) is 10.3 Å². The number of hydrogen-bond donors (Lipinski definition) is 1. The second-order valence-corrected chi connectivity index (χ2v) is 7.03. The number of fused-ring (bicyclic) bond motifs is 2. The molecule has 2 aliphatic rings. The first-order chi connectivity index (χ1) is 14.7. The topological polar surface area (TPSA) is 87.5 Å². The zero-order chi connectivity index (χ0) is 20.7. The van der Waals surface area contributed by atoms with Crippen LogP contribution < -0.4 is 14.8 Å². The highest BCUT2D eigenvalue weighted by molar-refractivity contribution is 5.92. The highest BCUT2D eigenvalue weighted by atomic mass is 16.6. The molecule has 8 heteroatoms. The highest BCUT2D eigenvalue weighted by Crippen LogP contribution is 2.40. The molecule has 2 aromatic carbocycles. The van der Waals surface area contributed by atoms with Gasteiger partial charge in [-0.25, -0.2) is 9.48 Å². The second kappa shape index (κ2) is 7.22. The number of rotatable bonds is 3. The summed E-state index contributed by atoms with van der Waals surface area (Å²) in [7, 11) is 1.37. The normalized spacial score (nSPS) is 17.2. The molecule has 0 spiro atoms. The Morgan fingerprint density at radius 1 is 1.13 bits per heavy atom. The maximum atomic E-state index is 12.7. The number of methoxy groups -OCH3 is 1. The quantitative estimate of drug-likeness (QED) is 0.671. The van der Waals surface area contributed by atoms with Gasteiger partial charge in [-0.1, -0.05) is 36.4 Å².